The predicted molar refractivity (Wildman–Crippen MR) is 73.3 cm³/mol. The maximum absolute atomic E-state index is 12.0. The van der Waals surface area contributed by atoms with Crippen molar-refractivity contribution >= 4 is 18.0 Å². The molecule has 0 aromatic carbocycles. The minimum Gasteiger partial charge on any atom is -0.480 e. The number of nitrogens with zero attached hydrogens (tertiary/aromatic N) is 1. The number of carboxylic acid groups (broad SMARTS) is 1. The fourth-order valence-corrected chi connectivity index (χ4v) is 1.62. The zero-order chi connectivity index (χ0) is 15.7. The number of esters is 1. The van der Waals surface area contributed by atoms with Gasteiger partial charge in [0.05, 0.1) is 6.61 Å². The average Bonchev–Trinajstić information content (AvgIpc) is 2.34. The van der Waals surface area contributed by atoms with Gasteiger partial charge in [0.2, 0.25) is 0 Å². The quantitative estimate of drug-likeness (QED) is 0.652. The highest BCUT2D eigenvalue weighted by Gasteiger charge is 2.24. The fraction of sp³-hybridized carbons (Fsp3) is 0.769. The molecule has 0 spiro atoms. The third kappa shape index (κ3) is 6.96. The third-order valence-electron chi connectivity index (χ3n) is 2.60. The SMILES string of the molecule is CCOC(=O)CN(CC)C(=O)N[C@H](CC(C)C)C(=O)O. The van der Waals surface area contributed by atoms with Gasteiger partial charge in [0.1, 0.15) is 12.6 Å². The van der Waals surface area contributed by atoms with Crippen LogP contribution in [0.4, 0.5) is 4.79 Å². The molecule has 0 saturated heterocycles. The lowest BCUT2D eigenvalue weighted by Crippen LogP contribution is -2.49. The van der Waals surface area contributed by atoms with Gasteiger partial charge >= 0.3 is 18.0 Å². The normalized spacial score (nSPS) is 11.8. The number of ether oxygens (including phenoxy) is 1. The van der Waals surface area contributed by atoms with E-state index in [1.165, 1.54) is 4.90 Å². The number of amides is 2. The standard InChI is InChI=1S/C13H24N2O5/c1-5-15(8-11(16)20-6-2)13(19)14-10(12(17)18)7-9(3)4/h9-10H,5-8H2,1-4H3,(H,14,19)(H,17,18)/t10-/m1/s1. The van der Waals surface area contributed by atoms with E-state index >= 15 is 0 Å². The Morgan fingerprint density at radius 2 is 1.85 bits per heavy atom. The van der Waals surface area contributed by atoms with Gasteiger partial charge in [0.15, 0.2) is 0 Å². The largest absolute Gasteiger partial charge is 0.480 e. The molecule has 0 radical (unpaired) electrons. The van der Waals surface area contributed by atoms with Crippen molar-refractivity contribution in [2.75, 3.05) is 19.7 Å². The second-order valence-corrected chi connectivity index (χ2v) is 4.79. The summed E-state index contributed by atoms with van der Waals surface area (Å²) < 4.78 is 4.76. The lowest BCUT2D eigenvalue weighted by Gasteiger charge is -2.23. The number of aliphatic carboxylic acids is 1. The summed E-state index contributed by atoms with van der Waals surface area (Å²) in [6.07, 6.45) is 0.331. The lowest BCUT2D eigenvalue weighted by atomic mass is 10.0. The van der Waals surface area contributed by atoms with Gasteiger partial charge in [0, 0.05) is 6.54 Å². The number of rotatable bonds is 8. The molecule has 20 heavy (non-hydrogen) atoms. The van der Waals surface area contributed by atoms with E-state index in [1.54, 1.807) is 13.8 Å². The summed E-state index contributed by atoms with van der Waals surface area (Å²) in [6.45, 7) is 7.47. The van der Waals surface area contributed by atoms with E-state index in [1.807, 2.05) is 13.8 Å². The molecule has 0 heterocycles. The molecule has 0 aromatic rings. The summed E-state index contributed by atoms with van der Waals surface area (Å²) in [7, 11) is 0. The average molecular weight is 288 g/mol. The van der Waals surface area contributed by atoms with E-state index < -0.39 is 24.0 Å². The van der Waals surface area contributed by atoms with Crippen LogP contribution in [0.5, 0.6) is 0 Å². The minimum absolute atomic E-state index is 0.136. The molecule has 0 saturated carbocycles. The van der Waals surface area contributed by atoms with Gasteiger partial charge in [-0.25, -0.2) is 9.59 Å². The fourth-order valence-electron chi connectivity index (χ4n) is 1.62. The topological polar surface area (TPSA) is 95.9 Å². The van der Waals surface area contributed by atoms with E-state index in [9.17, 15) is 14.4 Å². The van der Waals surface area contributed by atoms with Crippen molar-refractivity contribution in [3.8, 4) is 0 Å². The Morgan fingerprint density at radius 3 is 2.25 bits per heavy atom. The van der Waals surface area contributed by atoms with Crippen molar-refractivity contribution in [3.63, 3.8) is 0 Å². The third-order valence-corrected chi connectivity index (χ3v) is 2.60. The molecule has 0 aromatic heterocycles. The van der Waals surface area contributed by atoms with Crippen molar-refractivity contribution in [1.29, 1.82) is 0 Å². The van der Waals surface area contributed by atoms with Crippen molar-refractivity contribution in [2.45, 2.75) is 40.2 Å². The summed E-state index contributed by atoms with van der Waals surface area (Å²) >= 11 is 0. The van der Waals surface area contributed by atoms with E-state index in [2.05, 4.69) is 5.32 Å². The van der Waals surface area contributed by atoms with E-state index in [0.717, 1.165) is 0 Å². The molecule has 116 valence electrons. The first-order valence-electron chi connectivity index (χ1n) is 6.75. The summed E-state index contributed by atoms with van der Waals surface area (Å²) in [5.41, 5.74) is 0. The molecule has 0 aliphatic heterocycles. The Bertz CT molecular complexity index is 344. The van der Waals surface area contributed by atoms with Gasteiger partial charge in [-0.3, -0.25) is 4.79 Å². The monoisotopic (exact) mass is 288 g/mol. The van der Waals surface area contributed by atoms with Gasteiger partial charge in [-0.1, -0.05) is 13.8 Å². The number of likely N-dealkylation sites (N-methyl/N-ethyl adjacent to an activating group) is 1. The summed E-state index contributed by atoms with van der Waals surface area (Å²) in [4.78, 5) is 35.6. The molecule has 1 atom stereocenters. The second kappa shape index (κ2) is 9.17. The van der Waals surface area contributed by atoms with Crippen LogP contribution >= 0.6 is 0 Å². The van der Waals surface area contributed by atoms with E-state index in [0.29, 0.717) is 13.0 Å². The van der Waals surface area contributed by atoms with Crippen LogP contribution in [0.1, 0.15) is 34.1 Å². The van der Waals surface area contributed by atoms with Crippen LogP contribution in [-0.2, 0) is 14.3 Å². The highest BCUT2D eigenvalue weighted by atomic mass is 16.5. The number of carbonyl (C=O) groups is 3. The summed E-state index contributed by atoms with van der Waals surface area (Å²) in [6, 6.07) is -1.53. The molecule has 0 rings (SSSR count). The molecular weight excluding hydrogens is 264 g/mol. The van der Waals surface area contributed by atoms with E-state index in [4.69, 9.17) is 9.84 Å². The number of nitrogens with one attached hydrogen (secondary N) is 1. The van der Waals surface area contributed by atoms with Gasteiger partial charge in [-0.15, -0.1) is 0 Å². The number of carboxylic acids is 1. The molecule has 7 heteroatoms. The molecule has 0 unspecified atom stereocenters. The zero-order valence-corrected chi connectivity index (χ0v) is 12.5. The van der Waals surface area contributed by atoms with Crippen molar-refractivity contribution in [2.24, 2.45) is 5.92 Å². The summed E-state index contributed by atoms with van der Waals surface area (Å²) in [5, 5.41) is 11.5. The van der Waals surface area contributed by atoms with Crippen molar-refractivity contribution in [1.82, 2.24) is 10.2 Å². The van der Waals surface area contributed by atoms with Gasteiger partial charge in [0.25, 0.3) is 0 Å². The highest BCUT2D eigenvalue weighted by Crippen LogP contribution is 2.05. The molecular formula is C13H24N2O5. The number of hydrogen-bond donors (Lipinski definition) is 2. The molecule has 7 nitrogen and oxygen atoms in total. The highest BCUT2D eigenvalue weighted by molar-refractivity contribution is 5.85. The van der Waals surface area contributed by atoms with E-state index in [-0.39, 0.29) is 19.1 Å². The predicted octanol–water partition coefficient (Wildman–Crippen LogP) is 1.08. The Labute approximate surface area is 119 Å². The molecule has 2 N–H and O–H groups in total. The van der Waals surface area contributed by atoms with Crippen LogP contribution < -0.4 is 5.32 Å². The van der Waals surface area contributed by atoms with Crippen LogP contribution in [0, 0.1) is 5.92 Å². The maximum atomic E-state index is 12.0. The molecule has 0 aliphatic carbocycles. The number of carbonyl (C=O) groups excluding carboxylic acids is 2. The van der Waals surface area contributed by atoms with Crippen LogP contribution in [0.25, 0.3) is 0 Å². The Hall–Kier alpha value is -1.79. The van der Waals surface area contributed by atoms with Crippen molar-refractivity contribution in [3.05, 3.63) is 0 Å². The van der Waals surface area contributed by atoms with Crippen LogP contribution in [0.3, 0.4) is 0 Å². The first-order chi connectivity index (χ1) is 9.31. The first-order valence-corrected chi connectivity index (χ1v) is 6.75. The van der Waals surface area contributed by atoms with Crippen molar-refractivity contribution < 1.29 is 24.2 Å². The van der Waals surface area contributed by atoms with Crippen LogP contribution in [-0.4, -0.2) is 53.7 Å². The second-order valence-electron chi connectivity index (χ2n) is 4.79. The Balaban J connectivity index is 4.58. The number of urea groups is 1. The van der Waals surface area contributed by atoms with Gasteiger partial charge in [-0.2, -0.15) is 0 Å². The number of hydrogen-bond acceptors (Lipinski definition) is 4. The Morgan fingerprint density at radius 1 is 1.25 bits per heavy atom. The molecule has 0 fully saturated rings. The zero-order valence-electron chi connectivity index (χ0n) is 12.5. The molecule has 0 aliphatic rings. The van der Waals surface area contributed by atoms with Gasteiger partial charge < -0.3 is 20.1 Å². The first kappa shape index (κ1) is 18.2. The summed E-state index contributed by atoms with van der Waals surface area (Å²) in [5.74, 6) is -1.46. The minimum atomic E-state index is -1.08. The smallest absolute Gasteiger partial charge is 0.326 e. The Kier molecular flexibility index (Phi) is 8.35. The molecule has 2 amide bonds. The molecule has 0 bridgehead atoms. The lowest BCUT2D eigenvalue weighted by molar-refractivity contribution is -0.143. The maximum Gasteiger partial charge on any atom is 0.326 e. The van der Waals surface area contributed by atoms with Crippen LogP contribution in [0.15, 0.2) is 0 Å². The van der Waals surface area contributed by atoms with Crippen LogP contribution in [0.2, 0.25) is 0 Å². The van der Waals surface area contributed by atoms with Gasteiger partial charge in [-0.05, 0) is 26.2 Å².